The molecule has 0 radical (unpaired) electrons. The zero-order chi connectivity index (χ0) is 41.8. The molecular weight excluding hydrogens is 761 g/mol. The predicted octanol–water partition coefficient (Wildman–Crippen LogP) is 2.81. The number of oxime groups is 1. The van der Waals surface area contributed by atoms with Gasteiger partial charge in [0.15, 0.2) is 17.1 Å². The molecule has 4 N–H and O–H groups in total. The van der Waals surface area contributed by atoms with Crippen LogP contribution in [0, 0.1) is 23.7 Å². The summed E-state index contributed by atoms with van der Waals surface area (Å²) in [4.78, 5) is 54.3. The highest BCUT2D eigenvalue weighted by molar-refractivity contribution is 7.18. The smallest absolute Gasteiger partial charge is 0.316 e. The van der Waals surface area contributed by atoms with E-state index in [9.17, 15) is 24.6 Å². The fourth-order valence-corrected chi connectivity index (χ4v) is 8.47. The second-order valence-electron chi connectivity index (χ2n) is 16.0. The summed E-state index contributed by atoms with van der Waals surface area (Å²) in [5, 5.41) is 36.8. The van der Waals surface area contributed by atoms with E-state index in [4.69, 9.17) is 34.3 Å². The fraction of sp³-hybridized carbons (Fsp3) is 0.718. The average molecular weight is 819 g/mol. The van der Waals surface area contributed by atoms with Crippen molar-refractivity contribution in [3.05, 3.63) is 23.9 Å². The third kappa shape index (κ3) is 10.4. The maximum Gasteiger partial charge on any atom is 0.316 e. The minimum absolute atomic E-state index is 0.0245. The first-order valence-corrected chi connectivity index (χ1v) is 20.3. The zero-order valence-corrected chi connectivity index (χ0v) is 35.0. The van der Waals surface area contributed by atoms with Crippen molar-refractivity contribution in [2.75, 3.05) is 33.0 Å². The van der Waals surface area contributed by atoms with Gasteiger partial charge in [-0.2, -0.15) is 0 Å². The number of esters is 1. The van der Waals surface area contributed by atoms with Crippen LogP contribution in [0.15, 0.2) is 23.5 Å². The van der Waals surface area contributed by atoms with Crippen LogP contribution in [-0.2, 0) is 49.5 Å². The number of carbonyl (C=O) groups is 3. The second kappa shape index (κ2) is 19.1. The molecule has 0 saturated carbocycles. The number of hydrogen-bond donors (Lipinski definition) is 3. The van der Waals surface area contributed by atoms with Crippen LogP contribution in [0.3, 0.4) is 0 Å². The maximum absolute atomic E-state index is 14.3. The Bertz CT molecular complexity index is 1720. The molecule has 17 nitrogen and oxygen atoms in total. The zero-order valence-electron chi connectivity index (χ0n) is 34.2. The molecule has 0 aromatic carbocycles. The molecule has 5 rings (SSSR count). The Hall–Kier alpha value is -3.49. The molecule has 3 aliphatic heterocycles. The third-order valence-corrected chi connectivity index (χ3v) is 12.1. The Morgan fingerprint density at radius 2 is 1.75 bits per heavy atom. The summed E-state index contributed by atoms with van der Waals surface area (Å²) < 4.78 is 31.5. The largest absolute Gasteiger partial charge is 0.459 e. The number of nitrogen functional groups attached to an aromatic ring is 1. The van der Waals surface area contributed by atoms with E-state index in [1.165, 1.54) is 25.2 Å². The Morgan fingerprint density at radius 1 is 1.04 bits per heavy atom. The molecule has 2 bridgehead atoms. The lowest BCUT2D eigenvalue weighted by atomic mass is 9.77. The van der Waals surface area contributed by atoms with Crippen LogP contribution >= 0.6 is 11.3 Å². The van der Waals surface area contributed by atoms with E-state index in [-0.39, 0.29) is 56.3 Å². The molecule has 0 spiro atoms. The van der Waals surface area contributed by atoms with Gasteiger partial charge in [0.05, 0.1) is 37.6 Å². The van der Waals surface area contributed by atoms with E-state index in [0.717, 1.165) is 0 Å². The van der Waals surface area contributed by atoms with Crippen LogP contribution in [0.25, 0.3) is 10.7 Å². The van der Waals surface area contributed by atoms with Crippen LogP contribution in [0.1, 0.15) is 73.3 Å². The highest BCUT2D eigenvalue weighted by atomic mass is 32.1. The number of Topliss-reactive ketones (excluding diaryl/α,β-unsaturated/α-hetero) is 2. The molecule has 0 aliphatic carbocycles. The summed E-state index contributed by atoms with van der Waals surface area (Å²) in [7, 11) is 3.71. The van der Waals surface area contributed by atoms with Crippen LogP contribution < -0.4 is 5.73 Å². The molecule has 2 aromatic heterocycles. The molecular formula is C39H58N6O11S. The highest BCUT2D eigenvalue weighted by Gasteiger charge is 2.50. The van der Waals surface area contributed by atoms with Crippen molar-refractivity contribution in [3.8, 4) is 10.7 Å². The Morgan fingerprint density at radius 3 is 2.39 bits per heavy atom. The quantitative estimate of drug-likeness (QED) is 0.198. The average Bonchev–Trinajstić information content (AvgIpc) is 3.61. The van der Waals surface area contributed by atoms with E-state index < -0.39 is 77.8 Å². The number of fused-ring (bicyclic) bond motifs is 5. The maximum atomic E-state index is 14.3. The van der Waals surface area contributed by atoms with E-state index in [0.29, 0.717) is 27.8 Å². The summed E-state index contributed by atoms with van der Waals surface area (Å²) in [6, 6.07) is 3.26. The highest BCUT2D eigenvalue weighted by Crippen LogP contribution is 2.36. The topological polar surface area (TPSA) is 227 Å². The molecule has 0 unspecified atom stereocenters. The number of rotatable bonds is 8. The number of anilines is 1. The lowest BCUT2D eigenvalue weighted by molar-refractivity contribution is -0.284. The minimum atomic E-state index is -1.87. The Kier molecular flexibility index (Phi) is 14.9. The summed E-state index contributed by atoms with van der Waals surface area (Å²) >= 11 is 1.22. The van der Waals surface area contributed by atoms with Crippen molar-refractivity contribution in [3.63, 3.8) is 0 Å². The summed E-state index contributed by atoms with van der Waals surface area (Å²) in [6.07, 6.45) is -4.53. The number of carbonyl (C=O) groups excluding carboxylic acids is 3. The van der Waals surface area contributed by atoms with Crippen molar-refractivity contribution in [1.82, 2.24) is 20.1 Å². The van der Waals surface area contributed by atoms with E-state index in [2.05, 4.69) is 20.3 Å². The molecule has 3 fully saturated rings. The molecule has 3 aliphatic rings. The SMILES string of the molecule is CC[C@H]1OC(=O)[C@H](C)C(=O)[C@H](C)[C@@H](O[C@@H]2O[C@H](C)C[C@H](N(C)C)[C@H]2O)[C@H]2C[C@@H](C)C(=O)[C@H](C)[C@H](OC/C(=N\OCc3ccc(-c4nnc(N)s4)nc3)CO2)[C@]1(C)O. The van der Waals surface area contributed by atoms with Gasteiger partial charge in [-0.25, -0.2) is 0 Å². The van der Waals surface area contributed by atoms with Crippen molar-refractivity contribution < 1.29 is 53.1 Å². The van der Waals surface area contributed by atoms with Crippen LogP contribution in [0.5, 0.6) is 0 Å². The first-order valence-electron chi connectivity index (χ1n) is 19.5. The van der Waals surface area contributed by atoms with Crippen molar-refractivity contribution in [1.29, 1.82) is 0 Å². The van der Waals surface area contributed by atoms with Gasteiger partial charge in [-0.3, -0.25) is 19.4 Å². The minimum Gasteiger partial charge on any atom is -0.459 e. The van der Waals surface area contributed by atoms with Gasteiger partial charge in [0.25, 0.3) is 0 Å². The van der Waals surface area contributed by atoms with Gasteiger partial charge in [0, 0.05) is 35.6 Å². The van der Waals surface area contributed by atoms with Gasteiger partial charge in [0.2, 0.25) is 5.13 Å². The summed E-state index contributed by atoms with van der Waals surface area (Å²) in [6.45, 7) is 11.2. The molecule has 13 atom stereocenters. The van der Waals surface area contributed by atoms with Gasteiger partial charge in [-0.15, -0.1) is 10.2 Å². The predicted molar refractivity (Wildman–Crippen MR) is 209 cm³/mol. The monoisotopic (exact) mass is 818 g/mol. The number of aliphatic hydroxyl groups is 2. The number of hydrogen-bond acceptors (Lipinski definition) is 18. The summed E-state index contributed by atoms with van der Waals surface area (Å²) in [5.74, 6) is -5.40. The molecule has 18 heteroatoms. The number of cyclic esters (lactones) is 1. The van der Waals surface area contributed by atoms with Gasteiger partial charge < -0.3 is 49.4 Å². The number of nitrogens with two attached hydrogens (primary N) is 1. The Balaban J connectivity index is 1.53. The van der Waals surface area contributed by atoms with Gasteiger partial charge in [-0.05, 0) is 60.2 Å². The van der Waals surface area contributed by atoms with Crippen LogP contribution in [-0.4, -0.2) is 135 Å². The van der Waals surface area contributed by atoms with Gasteiger partial charge in [-0.1, -0.05) is 50.3 Å². The Labute approximate surface area is 337 Å². The normalized spacial score (nSPS) is 37.0. The molecule has 2 aromatic rings. The van der Waals surface area contributed by atoms with Crippen molar-refractivity contribution in [2.24, 2.45) is 28.8 Å². The number of aromatic nitrogens is 3. The molecule has 5 heterocycles. The van der Waals surface area contributed by atoms with E-state index in [1.54, 1.807) is 46.0 Å². The first kappa shape index (κ1) is 44.6. The van der Waals surface area contributed by atoms with Crippen LogP contribution in [0.4, 0.5) is 5.13 Å². The summed E-state index contributed by atoms with van der Waals surface area (Å²) in [5.41, 5.74) is 5.41. The van der Waals surface area contributed by atoms with E-state index in [1.807, 2.05) is 25.9 Å². The lowest BCUT2D eigenvalue weighted by Crippen LogP contribution is -2.58. The molecule has 0 amide bonds. The number of likely N-dealkylation sites (N-methyl/N-ethyl adjacent to an activating group) is 1. The number of ketones is 2. The number of pyridine rings is 1. The fourth-order valence-electron chi connectivity index (χ4n) is 7.89. The molecule has 57 heavy (non-hydrogen) atoms. The molecule has 3 saturated heterocycles. The standard InChI is InChI=1S/C39H58N6O11S/c1-10-29-39(7,50)34-22(5)30(46)19(2)13-28(51-17-25(18-52-34)44-53-16-24-11-12-26(41-15-24)35-42-43-38(40)57-35)33(21(4)31(47)23(6)36(49)55-29)56-37-32(48)27(45(8)9)14-20(3)54-37/h11-12,15,19-23,27-29,32-34,37,48,50H,10,13-14,16-18H2,1-9H3,(H2,40,43)/b44-25-/t19-,20-,21+,22+,23-,27+,28-,29-,32-,33-,34+,37+,39-/m1/s1. The van der Waals surface area contributed by atoms with Crippen molar-refractivity contribution in [2.45, 2.75) is 129 Å². The molecule has 316 valence electrons. The lowest BCUT2D eigenvalue weighted by Gasteiger charge is -2.44. The third-order valence-electron chi connectivity index (χ3n) is 11.3. The van der Waals surface area contributed by atoms with Gasteiger partial charge in [0.1, 0.15) is 47.5 Å². The number of ether oxygens (including phenoxy) is 5. The van der Waals surface area contributed by atoms with Gasteiger partial charge >= 0.3 is 5.97 Å². The first-order chi connectivity index (χ1) is 26.9. The van der Waals surface area contributed by atoms with Crippen LogP contribution in [0.2, 0.25) is 0 Å². The number of aliphatic hydroxyl groups excluding tert-OH is 1. The second-order valence-corrected chi connectivity index (χ2v) is 17.0. The van der Waals surface area contributed by atoms with Crippen molar-refractivity contribution >= 4 is 39.7 Å². The van der Waals surface area contributed by atoms with E-state index >= 15 is 0 Å². The number of nitrogens with zero attached hydrogens (tertiary/aromatic N) is 5.